The lowest BCUT2D eigenvalue weighted by Gasteiger charge is -2.10. The molecule has 0 spiro atoms. The molecule has 4 heteroatoms. The number of rotatable bonds is 5. The Balaban J connectivity index is 2.67. The van der Waals surface area contributed by atoms with Crippen molar-refractivity contribution in [3.63, 3.8) is 0 Å². The van der Waals surface area contributed by atoms with Gasteiger partial charge in [-0.15, -0.1) is 0 Å². The number of nitrogens with two attached hydrogens (primary N) is 1. The zero-order valence-electron chi connectivity index (χ0n) is 9.60. The lowest BCUT2D eigenvalue weighted by Crippen LogP contribution is -2.12. The molecule has 0 amide bonds. The molecule has 0 saturated carbocycles. The Hall–Kier alpha value is -1.55. The highest BCUT2D eigenvalue weighted by Crippen LogP contribution is 2.20. The standard InChI is InChI=1S/C12H17NO3/c1-9(12(14)15-2)10-3-5-11(6-4-10)16-8-7-13/h3-6,9H,7-8,13H2,1-2H3. The van der Waals surface area contributed by atoms with Crippen LogP contribution in [0, 0.1) is 0 Å². The van der Waals surface area contributed by atoms with E-state index in [0.717, 1.165) is 11.3 Å². The third kappa shape index (κ3) is 3.24. The summed E-state index contributed by atoms with van der Waals surface area (Å²) in [6.07, 6.45) is 0. The third-order valence-electron chi connectivity index (χ3n) is 2.32. The van der Waals surface area contributed by atoms with E-state index in [1.807, 2.05) is 31.2 Å². The molecular formula is C12H17NO3. The van der Waals surface area contributed by atoms with Crippen LogP contribution in [-0.2, 0) is 9.53 Å². The van der Waals surface area contributed by atoms with Gasteiger partial charge in [0, 0.05) is 6.54 Å². The fraction of sp³-hybridized carbons (Fsp3) is 0.417. The van der Waals surface area contributed by atoms with E-state index in [4.69, 9.17) is 10.5 Å². The molecule has 0 heterocycles. The first-order valence-electron chi connectivity index (χ1n) is 5.19. The Bertz CT molecular complexity index is 335. The molecule has 88 valence electrons. The average Bonchev–Trinajstić information content (AvgIpc) is 2.35. The molecule has 16 heavy (non-hydrogen) atoms. The molecule has 0 aliphatic carbocycles. The smallest absolute Gasteiger partial charge is 0.312 e. The van der Waals surface area contributed by atoms with Crippen LogP contribution >= 0.6 is 0 Å². The van der Waals surface area contributed by atoms with E-state index >= 15 is 0 Å². The number of hydrogen-bond donors (Lipinski definition) is 1. The van der Waals surface area contributed by atoms with Crippen molar-refractivity contribution in [2.24, 2.45) is 5.73 Å². The van der Waals surface area contributed by atoms with E-state index in [1.54, 1.807) is 0 Å². The van der Waals surface area contributed by atoms with Crippen LogP contribution in [0.2, 0.25) is 0 Å². The lowest BCUT2D eigenvalue weighted by molar-refractivity contribution is -0.141. The first-order chi connectivity index (χ1) is 7.69. The second kappa shape index (κ2) is 6.12. The molecule has 0 bridgehead atoms. The molecule has 1 atom stereocenters. The topological polar surface area (TPSA) is 61.5 Å². The minimum Gasteiger partial charge on any atom is -0.492 e. The van der Waals surface area contributed by atoms with Crippen molar-refractivity contribution < 1.29 is 14.3 Å². The van der Waals surface area contributed by atoms with Gasteiger partial charge in [-0.05, 0) is 24.6 Å². The van der Waals surface area contributed by atoms with Gasteiger partial charge < -0.3 is 15.2 Å². The Morgan fingerprint density at radius 1 is 1.38 bits per heavy atom. The van der Waals surface area contributed by atoms with E-state index in [9.17, 15) is 4.79 Å². The average molecular weight is 223 g/mol. The summed E-state index contributed by atoms with van der Waals surface area (Å²) < 4.78 is 10.0. The van der Waals surface area contributed by atoms with Gasteiger partial charge in [0.1, 0.15) is 12.4 Å². The van der Waals surface area contributed by atoms with Crippen molar-refractivity contribution >= 4 is 5.97 Å². The van der Waals surface area contributed by atoms with E-state index < -0.39 is 0 Å². The van der Waals surface area contributed by atoms with Crippen molar-refractivity contribution in [2.75, 3.05) is 20.3 Å². The summed E-state index contributed by atoms with van der Waals surface area (Å²) in [6.45, 7) is 2.79. The van der Waals surface area contributed by atoms with E-state index in [0.29, 0.717) is 13.2 Å². The van der Waals surface area contributed by atoms with Gasteiger partial charge in [0.15, 0.2) is 0 Å². The molecule has 1 aromatic rings. The Kier molecular flexibility index (Phi) is 4.79. The molecule has 0 saturated heterocycles. The summed E-state index contributed by atoms with van der Waals surface area (Å²) in [5.41, 5.74) is 6.24. The predicted octanol–water partition coefficient (Wildman–Crippen LogP) is 1.30. The predicted molar refractivity (Wildman–Crippen MR) is 61.4 cm³/mol. The molecule has 0 aliphatic heterocycles. The van der Waals surface area contributed by atoms with Crippen LogP contribution in [0.5, 0.6) is 5.75 Å². The molecular weight excluding hydrogens is 206 g/mol. The van der Waals surface area contributed by atoms with Crippen molar-refractivity contribution in [2.45, 2.75) is 12.8 Å². The summed E-state index contributed by atoms with van der Waals surface area (Å²) in [5.74, 6) is 0.260. The van der Waals surface area contributed by atoms with Crippen LogP contribution in [0.25, 0.3) is 0 Å². The first-order valence-corrected chi connectivity index (χ1v) is 5.19. The SMILES string of the molecule is COC(=O)C(C)c1ccc(OCCN)cc1. The summed E-state index contributed by atoms with van der Waals surface area (Å²) >= 11 is 0. The largest absolute Gasteiger partial charge is 0.492 e. The molecule has 1 unspecified atom stereocenters. The highest BCUT2D eigenvalue weighted by Gasteiger charge is 2.14. The quantitative estimate of drug-likeness (QED) is 0.764. The molecule has 0 radical (unpaired) electrons. The van der Waals surface area contributed by atoms with Crippen molar-refractivity contribution in [1.82, 2.24) is 0 Å². The zero-order chi connectivity index (χ0) is 12.0. The second-order valence-corrected chi connectivity index (χ2v) is 3.45. The van der Waals surface area contributed by atoms with Crippen LogP contribution in [-0.4, -0.2) is 26.2 Å². The number of benzene rings is 1. The maximum absolute atomic E-state index is 11.3. The van der Waals surface area contributed by atoms with Crippen LogP contribution in [0.4, 0.5) is 0 Å². The van der Waals surface area contributed by atoms with E-state index in [-0.39, 0.29) is 11.9 Å². The van der Waals surface area contributed by atoms with Gasteiger partial charge in [-0.3, -0.25) is 4.79 Å². The Labute approximate surface area is 95.3 Å². The molecule has 1 rings (SSSR count). The summed E-state index contributed by atoms with van der Waals surface area (Å²) in [5, 5.41) is 0. The number of ether oxygens (including phenoxy) is 2. The maximum atomic E-state index is 11.3. The molecule has 0 aliphatic rings. The highest BCUT2D eigenvalue weighted by atomic mass is 16.5. The third-order valence-corrected chi connectivity index (χ3v) is 2.32. The van der Waals surface area contributed by atoms with E-state index in [1.165, 1.54) is 7.11 Å². The van der Waals surface area contributed by atoms with E-state index in [2.05, 4.69) is 4.74 Å². The zero-order valence-corrected chi connectivity index (χ0v) is 9.60. The summed E-state index contributed by atoms with van der Waals surface area (Å²) in [7, 11) is 1.39. The maximum Gasteiger partial charge on any atom is 0.312 e. The van der Waals surface area contributed by atoms with Gasteiger partial charge >= 0.3 is 5.97 Å². The van der Waals surface area contributed by atoms with Crippen LogP contribution in [0.3, 0.4) is 0 Å². The second-order valence-electron chi connectivity index (χ2n) is 3.45. The fourth-order valence-corrected chi connectivity index (χ4v) is 1.34. The lowest BCUT2D eigenvalue weighted by atomic mass is 10.0. The Morgan fingerprint density at radius 3 is 2.50 bits per heavy atom. The van der Waals surface area contributed by atoms with Gasteiger partial charge in [0.2, 0.25) is 0 Å². The van der Waals surface area contributed by atoms with Crippen molar-refractivity contribution in [3.8, 4) is 5.75 Å². The minimum atomic E-state index is -0.256. The summed E-state index contributed by atoms with van der Waals surface area (Å²) in [6, 6.07) is 7.36. The van der Waals surface area contributed by atoms with Crippen LogP contribution in [0.1, 0.15) is 18.4 Å². The van der Waals surface area contributed by atoms with Crippen LogP contribution in [0.15, 0.2) is 24.3 Å². The molecule has 0 aromatic heterocycles. The normalized spacial score (nSPS) is 11.9. The molecule has 1 aromatic carbocycles. The number of carbonyl (C=O) groups excluding carboxylic acids is 1. The fourth-order valence-electron chi connectivity index (χ4n) is 1.34. The number of methoxy groups -OCH3 is 1. The minimum absolute atomic E-state index is 0.240. The van der Waals surface area contributed by atoms with Gasteiger partial charge in [-0.2, -0.15) is 0 Å². The van der Waals surface area contributed by atoms with Crippen LogP contribution < -0.4 is 10.5 Å². The number of esters is 1. The summed E-state index contributed by atoms with van der Waals surface area (Å²) in [4.78, 5) is 11.3. The Morgan fingerprint density at radius 2 is 2.00 bits per heavy atom. The van der Waals surface area contributed by atoms with Gasteiger partial charge in [-0.1, -0.05) is 12.1 Å². The van der Waals surface area contributed by atoms with Gasteiger partial charge in [-0.25, -0.2) is 0 Å². The van der Waals surface area contributed by atoms with Gasteiger partial charge in [0.25, 0.3) is 0 Å². The number of carbonyl (C=O) groups is 1. The molecule has 0 fully saturated rings. The molecule has 4 nitrogen and oxygen atoms in total. The van der Waals surface area contributed by atoms with Crippen molar-refractivity contribution in [1.29, 1.82) is 0 Å². The number of hydrogen-bond acceptors (Lipinski definition) is 4. The first kappa shape index (κ1) is 12.5. The van der Waals surface area contributed by atoms with Gasteiger partial charge in [0.05, 0.1) is 13.0 Å². The van der Waals surface area contributed by atoms with Crippen molar-refractivity contribution in [3.05, 3.63) is 29.8 Å². The molecule has 2 N–H and O–H groups in total. The highest BCUT2D eigenvalue weighted by molar-refractivity contribution is 5.77. The monoisotopic (exact) mass is 223 g/mol.